The molecule has 1 fully saturated rings. The zero-order valence-electron chi connectivity index (χ0n) is 15.5. The second-order valence-electron chi connectivity index (χ2n) is 6.59. The fourth-order valence-electron chi connectivity index (χ4n) is 3.01. The minimum absolute atomic E-state index is 0.0000420. The summed E-state index contributed by atoms with van der Waals surface area (Å²) in [4.78, 5) is 12.4. The minimum atomic E-state index is -0.655. The molecule has 1 aromatic heterocycles. The van der Waals surface area contributed by atoms with E-state index in [9.17, 15) is 4.79 Å². The smallest absolute Gasteiger partial charge is 0.266 e. The molecule has 3 aromatic rings. The zero-order valence-corrected chi connectivity index (χ0v) is 16.3. The van der Waals surface area contributed by atoms with Crippen molar-refractivity contribution in [3.8, 4) is 16.9 Å². The van der Waals surface area contributed by atoms with E-state index < -0.39 is 6.10 Å². The Balaban J connectivity index is 1.34. The van der Waals surface area contributed by atoms with Gasteiger partial charge in [0.25, 0.3) is 5.91 Å². The van der Waals surface area contributed by atoms with Crippen LogP contribution in [-0.2, 0) is 9.53 Å². The van der Waals surface area contributed by atoms with E-state index >= 15 is 0 Å². The van der Waals surface area contributed by atoms with E-state index in [2.05, 4.69) is 27.6 Å². The molecule has 7 heteroatoms. The van der Waals surface area contributed by atoms with Crippen molar-refractivity contribution in [2.75, 3.05) is 11.9 Å². The molecule has 28 heavy (non-hydrogen) atoms. The highest BCUT2D eigenvalue weighted by atomic mass is 32.1. The molecule has 0 radical (unpaired) electrons. The summed E-state index contributed by atoms with van der Waals surface area (Å²) >= 11 is 1.35. The molecule has 0 spiro atoms. The molecule has 1 saturated heterocycles. The highest BCUT2D eigenvalue weighted by Gasteiger charge is 2.23. The monoisotopic (exact) mass is 395 g/mol. The predicted octanol–water partition coefficient (Wildman–Crippen LogP) is 4.46. The van der Waals surface area contributed by atoms with Crippen LogP contribution in [0.2, 0.25) is 0 Å². The first-order valence-corrected chi connectivity index (χ1v) is 10.1. The average Bonchev–Trinajstić information content (AvgIpc) is 3.41. The Morgan fingerprint density at radius 3 is 2.61 bits per heavy atom. The molecular formula is C21H21N3O3S. The number of aromatic nitrogens is 2. The first-order chi connectivity index (χ1) is 13.7. The Bertz CT molecular complexity index is 922. The van der Waals surface area contributed by atoms with Crippen molar-refractivity contribution in [2.24, 2.45) is 0 Å². The van der Waals surface area contributed by atoms with Gasteiger partial charge in [0.05, 0.1) is 0 Å². The molecule has 0 aliphatic carbocycles. The number of carbonyl (C=O) groups is 1. The summed E-state index contributed by atoms with van der Waals surface area (Å²) in [5.74, 6) is 0.377. The number of hydrogen-bond acceptors (Lipinski definition) is 6. The Labute approximate surface area is 167 Å². The summed E-state index contributed by atoms with van der Waals surface area (Å²) in [7, 11) is 0. The number of amides is 1. The molecule has 2 aromatic carbocycles. The molecule has 1 N–H and O–H groups in total. The number of hydrogen-bond donors (Lipinski definition) is 1. The maximum Gasteiger partial charge on any atom is 0.266 e. The molecule has 0 saturated carbocycles. The normalized spacial score (nSPS) is 17.2. The van der Waals surface area contributed by atoms with Crippen LogP contribution in [0.25, 0.3) is 11.1 Å². The van der Waals surface area contributed by atoms with Gasteiger partial charge in [0.2, 0.25) is 5.13 Å². The maximum absolute atomic E-state index is 12.4. The van der Waals surface area contributed by atoms with E-state index in [-0.39, 0.29) is 12.0 Å². The van der Waals surface area contributed by atoms with Crippen molar-refractivity contribution < 1.29 is 14.3 Å². The lowest BCUT2D eigenvalue weighted by Gasteiger charge is -2.14. The van der Waals surface area contributed by atoms with E-state index in [4.69, 9.17) is 9.47 Å². The van der Waals surface area contributed by atoms with Crippen molar-refractivity contribution in [3.63, 3.8) is 0 Å². The first kappa shape index (κ1) is 18.6. The number of benzene rings is 2. The van der Waals surface area contributed by atoms with E-state index in [1.807, 2.05) is 42.5 Å². The molecule has 0 bridgehead atoms. The molecule has 144 valence electrons. The van der Waals surface area contributed by atoms with Gasteiger partial charge in [-0.2, -0.15) is 0 Å². The topological polar surface area (TPSA) is 73.3 Å². The SMILES string of the molecule is C[C@H](Oc1ccc(-c2ccccc2)cc1)C(=O)Nc1nnc([C@@H]2CCCO2)s1. The van der Waals surface area contributed by atoms with Gasteiger partial charge in [-0.05, 0) is 43.0 Å². The largest absolute Gasteiger partial charge is 0.481 e. The molecule has 2 heterocycles. The van der Waals surface area contributed by atoms with E-state index in [1.165, 1.54) is 11.3 Å². The summed E-state index contributed by atoms with van der Waals surface area (Å²) in [6, 6.07) is 17.8. The number of anilines is 1. The van der Waals surface area contributed by atoms with Crippen LogP contribution in [0, 0.1) is 0 Å². The van der Waals surface area contributed by atoms with E-state index in [1.54, 1.807) is 6.92 Å². The second kappa shape index (κ2) is 8.50. The summed E-state index contributed by atoms with van der Waals surface area (Å²) in [5, 5.41) is 12.2. The fraction of sp³-hybridized carbons (Fsp3) is 0.286. The third-order valence-electron chi connectivity index (χ3n) is 4.52. The van der Waals surface area contributed by atoms with Crippen LogP contribution in [-0.4, -0.2) is 28.8 Å². The lowest BCUT2D eigenvalue weighted by molar-refractivity contribution is -0.122. The Kier molecular flexibility index (Phi) is 5.64. The molecule has 4 rings (SSSR count). The lowest BCUT2D eigenvalue weighted by atomic mass is 10.1. The van der Waals surface area contributed by atoms with Gasteiger partial charge < -0.3 is 9.47 Å². The van der Waals surface area contributed by atoms with Gasteiger partial charge >= 0.3 is 0 Å². The summed E-state index contributed by atoms with van der Waals surface area (Å²) < 4.78 is 11.4. The third kappa shape index (κ3) is 4.37. The van der Waals surface area contributed by atoms with Crippen LogP contribution < -0.4 is 10.1 Å². The van der Waals surface area contributed by atoms with Gasteiger partial charge in [0, 0.05) is 6.61 Å². The minimum Gasteiger partial charge on any atom is -0.481 e. The van der Waals surface area contributed by atoms with Crippen molar-refractivity contribution in [2.45, 2.75) is 32.0 Å². The highest BCUT2D eigenvalue weighted by molar-refractivity contribution is 7.15. The standard InChI is InChI=1S/C21H21N3O3S/c1-14(19(25)22-21-24-23-20(28-21)18-8-5-13-26-18)27-17-11-9-16(10-12-17)15-6-3-2-4-7-15/h2-4,6-7,9-12,14,18H,5,8,13H2,1H3,(H,22,24,25)/t14-,18-/m0/s1. The fourth-order valence-corrected chi connectivity index (χ4v) is 3.84. The summed E-state index contributed by atoms with van der Waals surface area (Å²) in [6.45, 7) is 2.46. The summed E-state index contributed by atoms with van der Waals surface area (Å²) in [5.41, 5.74) is 2.23. The van der Waals surface area contributed by atoms with Crippen LogP contribution >= 0.6 is 11.3 Å². The highest BCUT2D eigenvalue weighted by Crippen LogP contribution is 2.32. The number of carbonyl (C=O) groups excluding carboxylic acids is 1. The molecule has 1 aliphatic heterocycles. The Hall–Kier alpha value is -2.77. The second-order valence-corrected chi connectivity index (χ2v) is 7.60. The molecule has 1 aliphatic rings. The predicted molar refractivity (Wildman–Crippen MR) is 108 cm³/mol. The Morgan fingerprint density at radius 2 is 1.89 bits per heavy atom. The zero-order chi connectivity index (χ0) is 19.3. The summed E-state index contributed by atoms with van der Waals surface area (Å²) in [6.07, 6.45) is 1.32. The third-order valence-corrected chi connectivity index (χ3v) is 5.45. The van der Waals surface area contributed by atoms with Crippen molar-refractivity contribution in [3.05, 3.63) is 59.6 Å². The van der Waals surface area contributed by atoms with Crippen LogP contribution in [0.5, 0.6) is 5.75 Å². The van der Waals surface area contributed by atoms with Crippen molar-refractivity contribution >= 4 is 22.4 Å². The van der Waals surface area contributed by atoms with Gasteiger partial charge in [0.15, 0.2) is 6.10 Å². The molecular weight excluding hydrogens is 374 g/mol. The number of rotatable bonds is 6. The molecule has 1 amide bonds. The number of ether oxygens (including phenoxy) is 2. The van der Waals surface area contributed by atoms with Gasteiger partial charge in [0.1, 0.15) is 16.9 Å². The Morgan fingerprint density at radius 1 is 1.14 bits per heavy atom. The van der Waals surface area contributed by atoms with Crippen LogP contribution in [0.4, 0.5) is 5.13 Å². The molecule has 2 atom stereocenters. The van der Waals surface area contributed by atoms with Crippen LogP contribution in [0.3, 0.4) is 0 Å². The molecule has 6 nitrogen and oxygen atoms in total. The van der Waals surface area contributed by atoms with E-state index in [0.29, 0.717) is 10.9 Å². The average molecular weight is 395 g/mol. The van der Waals surface area contributed by atoms with Gasteiger partial charge in [-0.3, -0.25) is 10.1 Å². The maximum atomic E-state index is 12.4. The molecule has 0 unspecified atom stereocenters. The van der Waals surface area contributed by atoms with Crippen molar-refractivity contribution in [1.82, 2.24) is 10.2 Å². The van der Waals surface area contributed by atoms with Gasteiger partial charge in [-0.1, -0.05) is 53.8 Å². The lowest BCUT2D eigenvalue weighted by Crippen LogP contribution is -2.30. The quantitative estimate of drug-likeness (QED) is 0.667. The van der Waals surface area contributed by atoms with Crippen molar-refractivity contribution in [1.29, 1.82) is 0 Å². The van der Waals surface area contributed by atoms with E-state index in [0.717, 1.165) is 35.6 Å². The number of nitrogens with one attached hydrogen (secondary N) is 1. The first-order valence-electron chi connectivity index (χ1n) is 9.27. The number of nitrogens with zero attached hydrogens (tertiary/aromatic N) is 2. The van der Waals surface area contributed by atoms with Crippen LogP contribution in [0.15, 0.2) is 54.6 Å². The van der Waals surface area contributed by atoms with Gasteiger partial charge in [-0.15, -0.1) is 10.2 Å². The van der Waals surface area contributed by atoms with Crippen LogP contribution in [0.1, 0.15) is 30.9 Å². The van der Waals surface area contributed by atoms with Gasteiger partial charge in [-0.25, -0.2) is 0 Å².